The number of nitrogens with one attached hydrogen (secondary N) is 1. The van der Waals surface area contributed by atoms with Gasteiger partial charge in [-0.2, -0.15) is 5.10 Å². The van der Waals surface area contributed by atoms with Crippen molar-refractivity contribution in [3.8, 4) is 0 Å². The zero-order chi connectivity index (χ0) is 13.0. The summed E-state index contributed by atoms with van der Waals surface area (Å²) in [6.07, 6.45) is 6.30. The van der Waals surface area contributed by atoms with E-state index in [9.17, 15) is 0 Å². The van der Waals surface area contributed by atoms with E-state index in [2.05, 4.69) is 22.3 Å². The first kappa shape index (κ1) is 13.1. The quantitative estimate of drug-likeness (QED) is 0.903. The summed E-state index contributed by atoms with van der Waals surface area (Å²) in [5.74, 6) is 0. The predicted octanol–water partition coefficient (Wildman–Crippen LogP) is 2.65. The van der Waals surface area contributed by atoms with Gasteiger partial charge in [0.05, 0.1) is 16.8 Å². The topological polar surface area (TPSA) is 42.7 Å². The van der Waals surface area contributed by atoms with Crippen molar-refractivity contribution in [1.29, 1.82) is 0 Å². The molecule has 0 bridgehead atoms. The predicted molar refractivity (Wildman–Crippen MR) is 72.7 cm³/mol. The average Bonchev–Trinajstić information content (AvgIpc) is 2.82. The van der Waals surface area contributed by atoms with Crippen LogP contribution in [0.3, 0.4) is 0 Å². The van der Waals surface area contributed by atoms with Crippen LogP contribution in [0, 0.1) is 0 Å². The van der Waals surface area contributed by atoms with Crippen molar-refractivity contribution < 1.29 is 0 Å². The summed E-state index contributed by atoms with van der Waals surface area (Å²) in [5.41, 5.74) is 2.14. The van der Waals surface area contributed by atoms with E-state index in [1.54, 1.807) is 12.4 Å². The minimum Gasteiger partial charge on any atom is -0.308 e. The minimum atomic E-state index is 0.0366. The van der Waals surface area contributed by atoms with Crippen LogP contribution in [0.15, 0.2) is 30.7 Å². The molecule has 0 aliphatic rings. The summed E-state index contributed by atoms with van der Waals surface area (Å²) in [5, 5.41) is 8.30. The minimum absolute atomic E-state index is 0.0366. The van der Waals surface area contributed by atoms with Gasteiger partial charge in [-0.1, -0.05) is 18.5 Å². The molecule has 2 aromatic heterocycles. The molecule has 1 unspecified atom stereocenters. The number of aryl methyl sites for hydroxylation is 1. The first-order valence-electron chi connectivity index (χ1n) is 6.06. The van der Waals surface area contributed by atoms with E-state index >= 15 is 0 Å². The Morgan fingerprint density at radius 1 is 1.39 bits per heavy atom. The van der Waals surface area contributed by atoms with Gasteiger partial charge in [-0.15, -0.1) is 0 Å². The number of halogens is 1. The third-order valence-electron chi connectivity index (χ3n) is 2.88. The Hall–Kier alpha value is -1.39. The zero-order valence-corrected chi connectivity index (χ0v) is 11.4. The molecule has 0 amide bonds. The molecule has 0 fully saturated rings. The maximum atomic E-state index is 6.21. The summed E-state index contributed by atoms with van der Waals surface area (Å²) in [4.78, 5) is 4.02. The molecular weight excluding hydrogens is 248 g/mol. The van der Waals surface area contributed by atoms with Crippen molar-refractivity contribution in [2.45, 2.75) is 25.9 Å². The van der Waals surface area contributed by atoms with Crippen molar-refractivity contribution in [3.63, 3.8) is 0 Å². The van der Waals surface area contributed by atoms with Crippen LogP contribution in [-0.4, -0.2) is 21.8 Å². The standard InChI is InChI=1S/C13H17ClN4/c1-3-8-18-12(5-7-17-18)13(15-2)10-4-6-16-9-11(10)14/h4-7,9,13,15H,3,8H2,1-2H3. The lowest BCUT2D eigenvalue weighted by molar-refractivity contribution is 0.534. The van der Waals surface area contributed by atoms with Gasteiger partial charge >= 0.3 is 0 Å². The largest absolute Gasteiger partial charge is 0.308 e. The van der Waals surface area contributed by atoms with Crippen LogP contribution in [0.2, 0.25) is 5.02 Å². The molecule has 2 aromatic rings. The second-order valence-corrected chi connectivity index (χ2v) is 4.51. The molecule has 0 saturated heterocycles. The van der Waals surface area contributed by atoms with Gasteiger partial charge in [-0.25, -0.2) is 0 Å². The Balaban J connectivity index is 2.39. The molecule has 0 saturated carbocycles. The highest BCUT2D eigenvalue weighted by Crippen LogP contribution is 2.27. The Labute approximate surface area is 112 Å². The number of rotatable bonds is 5. The van der Waals surface area contributed by atoms with Crippen LogP contribution in [0.1, 0.15) is 30.6 Å². The van der Waals surface area contributed by atoms with Crippen LogP contribution >= 0.6 is 11.6 Å². The normalized spacial score (nSPS) is 12.6. The summed E-state index contributed by atoms with van der Waals surface area (Å²) in [6.45, 7) is 3.04. The number of aromatic nitrogens is 3. The Morgan fingerprint density at radius 3 is 2.89 bits per heavy atom. The summed E-state index contributed by atoms with van der Waals surface area (Å²) >= 11 is 6.21. The summed E-state index contributed by atoms with van der Waals surface area (Å²) in [7, 11) is 1.92. The summed E-state index contributed by atoms with van der Waals surface area (Å²) in [6, 6.07) is 4.00. The monoisotopic (exact) mass is 264 g/mol. The van der Waals surface area contributed by atoms with Crippen molar-refractivity contribution >= 4 is 11.6 Å². The van der Waals surface area contributed by atoms with Crippen LogP contribution in [-0.2, 0) is 6.54 Å². The van der Waals surface area contributed by atoms with E-state index in [4.69, 9.17) is 11.6 Å². The molecule has 1 N–H and O–H groups in total. The van der Waals surface area contributed by atoms with Crippen molar-refractivity contribution in [2.75, 3.05) is 7.05 Å². The summed E-state index contributed by atoms with van der Waals surface area (Å²) < 4.78 is 2.01. The van der Waals surface area contributed by atoms with Gasteiger partial charge in [0.1, 0.15) is 0 Å². The van der Waals surface area contributed by atoms with E-state index in [0.29, 0.717) is 5.02 Å². The molecule has 0 aromatic carbocycles. The SMILES string of the molecule is CCCn1nccc1C(NC)c1ccncc1Cl. The average molecular weight is 265 g/mol. The highest BCUT2D eigenvalue weighted by Gasteiger charge is 2.18. The fourth-order valence-corrected chi connectivity index (χ4v) is 2.30. The van der Waals surface area contributed by atoms with Crippen LogP contribution in [0.25, 0.3) is 0 Å². The van der Waals surface area contributed by atoms with Crippen LogP contribution < -0.4 is 5.32 Å². The second kappa shape index (κ2) is 5.98. The molecule has 96 valence electrons. The molecule has 0 aliphatic heterocycles. The molecule has 5 heteroatoms. The lowest BCUT2D eigenvalue weighted by Crippen LogP contribution is -2.22. The van der Waals surface area contributed by atoms with Crippen molar-refractivity contribution in [2.24, 2.45) is 0 Å². The number of pyridine rings is 1. The fraction of sp³-hybridized carbons (Fsp3) is 0.385. The van der Waals surface area contributed by atoms with Gasteiger partial charge in [-0.05, 0) is 31.2 Å². The molecule has 0 radical (unpaired) electrons. The van der Waals surface area contributed by atoms with Gasteiger partial charge < -0.3 is 5.32 Å². The molecule has 4 nitrogen and oxygen atoms in total. The third kappa shape index (κ3) is 2.54. The lowest BCUT2D eigenvalue weighted by atomic mass is 10.1. The molecule has 0 aliphatic carbocycles. The molecule has 2 heterocycles. The number of hydrogen-bond donors (Lipinski definition) is 1. The van der Waals surface area contributed by atoms with Gasteiger partial charge in [0.15, 0.2) is 0 Å². The van der Waals surface area contributed by atoms with Gasteiger partial charge in [0.25, 0.3) is 0 Å². The van der Waals surface area contributed by atoms with Crippen molar-refractivity contribution in [1.82, 2.24) is 20.1 Å². The Morgan fingerprint density at radius 2 is 2.22 bits per heavy atom. The maximum absolute atomic E-state index is 6.21. The Kier molecular flexibility index (Phi) is 4.33. The number of nitrogens with zero attached hydrogens (tertiary/aromatic N) is 3. The molecular formula is C13H17ClN4. The Bertz CT molecular complexity index is 509. The first-order valence-corrected chi connectivity index (χ1v) is 6.44. The smallest absolute Gasteiger partial charge is 0.0761 e. The highest BCUT2D eigenvalue weighted by atomic mass is 35.5. The molecule has 18 heavy (non-hydrogen) atoms. The van der Waals surface area contributed by atoms with Crippen LogP contribution in [0.5, 0.6) is 0 Å². The van der Waals surface area contributed by atoms with Gasteiger partial charge in [-0.3, -0.25) is 9.67 Å². The van der Waals surface area contributed by atoms with E-state index in [1.165, 1.54) is 0 Å². The maximum Gasteiger partial charge on any atom is 0.0761 e. The van der Waals surface area contributed by atoms with E-state index in [1.807, 2.05) is 30.1 Å². The molecule has 2 rings (SSSR count). The van der Waals surface area contributed by atoms with E-state index in [0.717, 1.165) is 24.2 Å². The molecule has 1 atom stereocenters. The van der Waals surface area contributed by atoms with Gasteiger partial charge in [0.2, 0.25) is 0 Å². The highest BCUT2D eigenvalue weighted by molar-refractivity contribution is 6.31. The number of hydrogen-bond acceptors (Lipinski definition) is 3. The lowest BCUT2D eigenvalue weighted by Gasteiger charge is -2.19. The van der Waals surface area contributed by atoms with E-state index < -0.39 is 0 Å². The van der Waals surface area contributed by atoms with Crippen LogP contribution in [0.4, 0.5) is 0 Å². The van der Waals surface area contributed by atoms with E-state index in [-0.39, 0.29) is 6.04 Å². The second-order valence-electron chi connectivity index (χ2n) is 4.10. The zero-order valence-electron chi connectivity index (χ0n) is 10.6. The molecule has 0 spiro atoms. The first-order chi connectivity index (χ1) is 8.77. The van der Waals surface area contributed by atoms with Gasteiger partial charge in [0, 0.05) is 25.1 Å². The third-order valence-corrected chi connectivity index (χ3v) is 3.20. The fourth-order valence-electron chi connectivity index (χ4n) is 2.07. The van der Waals surface area contributed by atoms with Crippen molar-refractivity contribution in [3.05, 3.63) is 47.0 Å².